The van der Waals surface area contributed by atoms with Crippen LogP contribution in [0.1, 0.15) is 46.6 Å². The molecule has 0 spiro atoms. The molecule has 7 nitrogen and oxygen atoms in total. The Hall–Kier alpha value is -4.39. The molecule has 1 aromatic heterocycles. The Kier molecular flexibility index (Phi) is 5.33. The van der Waals surface area contributed by atoms with E-state index >= 15 is 0 Å². The molecule has 1 fully saturated rings. The Bertz CT molecular complexity index is 1490. The molecule has 2 atom stereocenters. The molecule has 36 heavy (non-hydrogen) atoms. The van der Waals surface area contributed by atoms with Crippen molar-refractivity contribution < 1.29 is 14.4 Å². The number of amides is 4. The summed E-state index contributed by atoms with van der Waals surface area (Å²) in [4.78, 5) is 47.2. The number of hydrogen-bond acceptors (Lipinski definition) is 3. The molecule has 7 heteroatoms. The SMILES string of the molecule is CCCNC(=O)c1ccccc1N1C(=O)[C@@H]2Cc3c([nH]c4ccccc34)C(c3ccccc3)N2C1=O. The number of urea groups is 1. The van der Waals surface area contributed by atoms with E-state index in [0.717, 1.165) is 34.1 Å². The van der Waals surface area contributed by atoms with E-state index in [1.54, 1.807) is 29.2 Å². The molecule has 1 unspecified atom stereocenters. The number of fused-ring (bicyclic) bond motifs is 4. The first-order chi connectivity index (χ1) is 17.6. The van der Waals surface area contributed by atoms with Gasteiger partial charge < -0.3 is 10.3 Å². The summed E-state index contributed by atoms with van der Waals surface area (Å²) in [6, 6.07) is 23.1. The fourth-order valence-corrected chi connectivity index (χ4v) is 5.47. The van der Waals surface area contributed by atoms with Crippen molar-refractivity contribution in [3.05, 3.63) is 101 Å². The fraction of sp³-hybridized carbons (Fsp3) is 0.207. The highest BCUT2D eigenvalue weighted by Crippen LogP contribution is 2.45. The second kappa shape index (κ2) is 8.68. The van der Waals surface area contributed by atoms with Gasteiger partial charge >= 0.3 is 6.03 Å². The highest BCUT2D eigenvalue weighted by Gasteiger charge is 2.53. The van der Waals surface area contributed by atoms with Crippen LogP contribution < -0.4 is 10.2 Å². The Morgan fingerprint density at radius 3 is 2.50 bits per heavy atom. The number of H-pyrrole nitrogens is 1. The van der Waals surface area contributed by atoms with Gasteiger partial charge in [-0.2, -0.15) is 0 Å². The lowest BCUT2D eigenvalue weighted by Crippen LogP contribution is -2.44. The summed E-state index contributed by atoms with van der Waals surface area (Å²) in [5.74, 6) is -0.610. The number of para-hydroxylation sites is 2. The minimum absolute atomic E-state index is 0.297. The highest BCUT2D eigenvalue weighted by molar-refractivity contribution is 6.24. The van der Waals surface area contributed by atoms with Gasteiger partial charge in [0.05, 0.1) is 11.3 Å². The molecule has 0 saturated carbocycles. The van der Waals surface area contributed by atoms with E-state index < -0.39 is 18.1 Å². The highest BCUT2D eigenvalue weighted by atomic mass is 16.2. The van der Waals surface area contributed by atoms with E-state index in [2.05, 4.69) is 16.4 Å². The average Bonchev–Trinajstić information content (AvgIpc) is 3.41. The zero-order chi connectivity index (χ0) is 24.8. The third-order valence-corrected chi connectivity index (χ3v) is 7.09. The van der Waals surface area contributed by atoms with Crippen molar-refractivity contribution in [2.45, 2.75) is 31.8 Å². The number of imide groups is 1. The maximum atomic E-state index is 14.0. The van der Waals surface area contributed by atoms with Gasteiger partial charge in [-0.05, 0) is 35.7 Å². The van der Waals surface area contributed by atoms with Gasteiger partial charge in [-0.15, -0.1) is 0 Å². The first-order valence-corrected chi connectivity index (χ1v) is 12.3. The molecule has 4 amide bonds. The number of carbonyl (C=O) groups is 3. The molecular weight excluding hydrogens is 452 g/mol. The van der Waals surface area contributed by atoms with Crippen molar-refractivity contribution in [2.24, 2.45) is 0 Å². The molecule has 0 aliphatic carbocycles. The van der Waals surface area contributed by atoms with Gasteiger partial charge in [0, 0.05) is 29.6 Å². The number of nitrogens with one attached hydrogen (secondary N) is 2. The molecule has 0 bridgehead atoms. The number of aromatic nitrogens is 1. The van der Waals surface area contributed by atoms with Gasteiger partial charge in [-0.1, -0.05) is 67.6 Å². The number of aromatic amines is 1. The molecular formula is C29H26N4O3. The van der Waals surface area contributed by atoms with E-state index in [0.29, 0.717) is 24.2 Å². The number of nitrogens with zero attached hydrogens (tertiary/aromatic N) is 2. The first kappa shape index (κ1) is 22.1. The molecule has 2 aliphatic heterocycles. The van der Waals surface area contributed by atoms with Crippen LogP contribution >= 0.6 is 0 Å². The van der Waals surface area contributed by atoms with Crippen LogP contribution in [0.5, 0.6) is 0 Å². The topological polar surface area (TPSA) is 85.5 Å². The van der Waals surface area contributed by atoms with Crippen LogP contribution in [0.2, 0.25) is 0 Å². The summed E-state index contributed by atoms with van der Waals surface area (Å²) in [6.45, 7) is 2.49. The first-order valence-electron chi connectivity index (χ1n) is 12.3. The lowest BCUT2D eigenvalue weighted by Gasteiger charge is -2.36. The zero-order valence-corrected chi connectivity index (χ0v) is 19.9. The number of hydrogen-bond donors (Lipinski definition) is 2. The molecule has 180 valence electrons. The normalized spacial score (nSPS) is 18.9. The standard InChI is InChI=1S/C29H26N4O3/c1-2-16-30-27(34)20-13-7-9-15-23(20)33-28(35)24-17-21-19-12-6-8-14-22(19)31-25(21)26(32(24)29(33)36)18-10-4-3-5-11-18/h3-15,24,26,31H,2,16-17H2,1H3,(H,30,34)/t24-,26?/m0/s1. The molecule has 4 aromatic rings. The van der Waals surface area contributed by atoms with Crippen molar-refractivity contribution in [3.8, 4) is 0 Å². The van der Waals surface area contributed by atoms with Crippen LogP contribution in [0.4, 0.5) is 10.5 Å². The van der Waals surface area contributed by atoms with Gasteiger partial charge in [-0.3, -0.25) is 14.5 Å². The Morgan fingerprint density at radius 2 is 1.69 bits per heavy atom. The summed E-state index contributed by atoms with van der Waals surface area (Å²) in [5.41, 5.74) is 4.52. The summed E-state index contributed by atoms with van der Waals surface area (Å²) in [5, 5.41) is 3.92. The minimum atomic E-state index is -0.666. The van der Waals surface area contributed by atoms with Gasteiger partial charge in [0.25, 0.3) is 11.8 Å². The summed E-state index contributed by atoms with van der Waals surface area (Å²) >= 11 is 0. The van der Waals surface area contributed by atoms with Crippen LogP contribution in [-0.2, 0) is 11.2 Å². The monoisotopic (exact) mass is 478 g/mol. The van der Waals surface area contributed by atoms with Crippen molar-refractivity contribution >= 4 is 34.4 Å². The second-order valence-electron chi connectivity index (χ2n) is 9.23. The zero-order valence-electron chi connectivity index (χ0n) is 19.9. The molecule has 1 saturated heterocycles. The molecule has 0 radical (unpaired) electrons. The van der Waals surface area contributed by atoms with E-state index in [9.17, 15) is 14.4 Å². The fourth-order valence-electron chi connectivity index (χ4n) is 5.47. The smallest absolute Gasteiger partial charge is 0.332 e. The van der Waals surface area contributed by atoms with E-state index in [-0.39, 0.29) is 11.8 Å². The predicted octanol–water partition coefficient (Wildman–Crippen LogP) is 4.79. The summed E-state index contributed by atoms with van der Waals surface area (Å²) in [7, 11) is 0. The van der Waals surface area contributed by atoms with Gasteiger partial charge in [0.15, 0.2) is 0 Å². The molecule has 2 N–H and O–H groups in total. The predicted molar refractivity (Wildman–Crippen MR) is 138 cm³/mol. The van der Waals surface area contributed by atoms with Crippen LogP contribution in [0.3, 0.4) is 0 Å². The van der Waals surface area contributed by atoms with Crippen molar-refractivity contribution in [3.63, 3.8) is 0 Å². The Morgan fingerprint density at radius 1 is 0.972 bits per heavy atom. The quantitative estimate of drug-likeness (QED) is 0.405. The van der Waals surface area contributed by atoms with Crippen LogP contribution in [0.15, 0.2) is 78.9 Å². The van der Waals surface area contributed by atoms with Crippen molar-refractivity contribution in [2.75, 3.05) is 11.4 Å². The Labute approximate surface area is 208 Å². The van der Waals surface area contributed by atoms with Crippen LogP contribution in [-0.4, -0.2) is 40.3 Å². The molecule has 2 aliphatic rings. The van der Waals surface area contributed by atoms with Gasteiger partial charge in [0.2, 0.25) is 0 Å². The molecule has 3 aromatic carbocycles. The van der Waals surface area contributed by atoms with Crippen LogP contribution in [0.25, 0.3) is 10.9 Å². The largest absolute Gasteiger partial charge is 0.356 e. The minimum Gasteiger partial charge on any atom is -0.356 e. The Balaban J connectivity index is 1.48. The van der Waals surface area contributed by atoms with Gasteiger partial charge in [-0.25, -0.2) is 9.69 Å². The lowest BCUT2D eigenvalue weighted by atomic mass is 9.89. The third kappa shape index (κ3) is 3.31. The summed E-state index contributed by atoms with van der Waals surface area (Å²) < 4.78 is 0. The maximum absolute atomic E-state index is 14.0. The van der Waals surface area contributed by atoms with Crippen LogP contribution in [0, 0.1) is 0 Å². The van der Waals surface area contributed by atoms with Crippen molar-refractivity contribution in [1.29, 1.82) is 0 Å². The second-order valence-corrected chi connectivity index (χ2v) is 9.23. The molecule has 6 rings (SSSR count). The van der Waals surface area contributed by atoms with E-state index in [1.165, 1.54) is 4.90 Å². The number of carbonyl (C=O) groups excluding carboxylic acids is 3. The van der Waals surface area contributed by atoms with Crippen molar-refractivity contribution in [1.82, 2.24) is 15.2 Å². The lowest BCUT2D eigenvalue weighted by molar-refractivity contribution is -0.120. The van der Waals surface area contributed by atoms with Gasteiger partial charge in [0.1, 0.15) is 12.1 Å². The average molecular weight is 479 g/mol. The maximum Gasteiger partial charge on any atom is 0.332 e. The number of anilines is 1. The van der Waals surface area contributed by atoms with E-state index in [1.807, 2.05) is 55.5 Å². The third-order valence-electron chi connectivity index (χ3n) is 7.09. The number of rotatable bonds is 5. The molecule has 3 heterocycles. The summed E-state index contributed by atoms with van der Waals surface area (Å²) in [6.07, 6.45) is 1.20. The van der Waals surface area contributed by atoms with E-state index in [4.69, 9.17) is 0 Å². The number of benzene rings is 3.